The third-order valence-corrected chi connectivity index (χ3v) is 5.33. The van der Waals surface area contributed by atoms with Gasteiger partial charge in [0.15, 0.2) is 0 Å². The zero-order valence-corrected chi connectivity index (χ0v) is 22.2. The first-order chi connectivity index (χ1) is 16.4. The van der Waals surface area contributed by atoms with E-state index < -0.39 is 0 Å². The molecule has 1 aromatic heterocycles. The van der Waals surface area contributed by atoms with Crippen LogP contribution in [-0.4, -0.2) is 15.7 Å². The number of amides is 1. The molecule has 1 saturated carbocycles. The van der Waals surface area contributed by atoms with Gasteiger partial charge in [0.2, 0.25) is 0 Å². The second kappa shape index (κ2) is 15.0. The fourth-order valence-electron chi connectivity index (χ4n) is 2.98. The summed E-state index contributed by atoms with van der Waals surface area (Å²) in [5, 5.41) is 7.46. The van der Waals surface area contributed by atoms with Crippen LogP contribution in [0.15, 0.2) is 48.7 Å². The standard InChI is InChI=1S/C22H24FN3O.C3H6.2C2H6/c1-5-14(2)21-20(25-22(27)17-7-9-18(23)10-8-17)13-24-26(21)19-11-6-15(3)16(4)12-19;1-2-3-1;2*1-2/h6-14H,5H2,1-4H3,(H,25,27);1-3H2;2*1-2H3. The largest absolute Gasteiger partial charge is 0.319 e. The van der Waals surface area contributed by atoms with Crippen LogP contribution in [0.4, 0.5) is 10.1 Å². The smallest absolute Gasteiger partial charge is 0.255 e. The van der Waals surface area contributed by atoms with Crippen LogP contribution in [0.3, 0.4) is 0 Å². The fourth-order valence-corrected chi connectivity index (χ4v) is 2.98. The van der Waals surface area contributed by atoms with Crippen molar-refractivity contribution in [1.29, 1.82) is 0 Å². The number of carbonyl (C=O) groups excluding carboxylic acids is 1. The summed E-state index contributed by atoms with van der Waals surface area (Å²) < 4.78 is 15.0. The van der Waals surface area contributed by atoms with Gasteiger partial charge in [0, 0.05) is 11.5 Å². The predicted molar refractivity (Wildman–Crippen MR) is 143 cm³/mol. The molecule has 1 heterocycles. The van der Waals surface area contributed by atoms with E-state index >= 15 is 0 Å². The van der Waals surface area contributed by atoms with Gasteiger partial charge in [-0.25, -0.2) is 9.07 Å². The van der Waals surface area contributed by atoms with E-state index in [-0.39, 0.29) is 17.6 Å². The molecule has 3 aromatic rings. The molecule has 4 nitrogen and oxygen atoms in total. The molecule has 5 heteroatoms. The van der Waals surface area contributed by atoms with Gasteiger partial charge in [0.25, 0.3) is 5.91 Å². The lowest BCUT2D eigenvalue weighted by Crippen LogP contribution is -2.14. The highest BCUT2D eigenvalue weighted by Gasteiger charge is 2.20. The van der Waals surface area contributed by atoms with E-state index in [1.54, 1.807) is 6.20 Å². The molecule has 1 aliphatic rings. The molecular formula is C29H42FN3O. The number of aryl methyl sites for hydroxylation is 2. The number of nitrogens with zero attached hydrogens (tertiary/aromatic N) is 2. The first kappa shape index (κ1) is 29.1. The van der Waals surface area contributed by atoms with Crippen molar-refractivity contribution < 1.29 is 9.18 Å². The number of aromatic nitrogens is 2. The lowest BCUT2D eigenvalue weighted by molar-refractivity contribution is 0.102. The van der Waals surface area contributed by atoms with Crippen molar-refractivity contribution >= 4 is 11.6 Å². The summed E-state index contributed by atoms with van der Waals surface area (Å²) in [7, 11) is 0. The molecule has 0 radical (unpaired) electrons. The minimum absolute atomic E-state index is 0.206. The van der Waals surface area contributed by atoms with E-state index in [2.05, 4.69) is 50.2 Å². The van der Waals surface area contributed by atoms with E-state index in [1.807, 2.05) is 38.4 Å². The van der Waals surface area contributed by atoms with Crippen LogP contribution in [0, 0.1) is 19.7 Å². The molecule has 0 spiro atoms. The van der Waals surface area contributed by atoms with Crippen molar-refractivity contribution in [2.24, 2.45) is 0 Å². The maximum absolute atomic E-state index is 13.1. The van der Waals surface area contributed by atoms with E-state index in [9.17, 15) is 9.18 Å². The minimum Gasteiger partial charge on any atom is -0.319 e. The monoisotopic (exact) mass is 467 g/mol. The first-order valence-corrected chi connectivity index (χ1v) is 12.6. The van der Waals surface area contributed by atoms with Gasteiger partial charge in [-0.3, -0.25) is 4.79 Å². The summed E-state index contributed by atoms with van der Waals surface area (Å²) in [5.74, 6) is -0.439. The van der Waals surface area contributed by atoms with Crippen molar-refractivity contribution in [3.05, 3.63) is 76.9 Å². The highest BCUT2D eigenvalue weighted by atomic mass is 19.1. The van der Waals surface area contributed by atoms with Crippen molar-refractivity contribution in [2.75, 3.05) is 5.32 Å². The van der Waals surface area contributed by atoms with Gasteiger partial charge in [-0.1, -0.05) is 66.9 Å². The van der Waals surface area contributed by atoms with E-state index in [0.717, 1.165) is 17.8 Å². The van der Waals surface area contributed by atoms with Gasteiger partial charge in [-0.2, -0.15) is 5.10 Å². The Morgan fingerprint density at radius 3 is 2.09 bits per heavy atom. The quantitative estimate of drug-likeness (QED) is 0.408. The van der Waals surface area contributed by atoms with Crippen LogP contribution in [0.25, 0.3) is 5.69 Å². The Labute approximate surface area is 205 Å². The maximum atomic E-state index is 13.1. The van der Waals surface area contributed by atoms with Gasteiger partial charge in [0.1, 0.15) is 5.82 Å². The Balaban J connectivity index is 0.000000731. The Bertz CT molecular complexity index is 1000. The molecule has 1 atom stereocenters. The summed E-state index contributed by atoms with van der Waals surface area (Å²) in [6, 6.07) is 11.7. The number of carbonyl (C=O) groups is 1. The molecule has 1 amide bonds. The Morgan fingerprint density at radius 2 is 1.59 bits per heavy atom. The average Bonchev–Trinajstić information content (AvgIpc) is 3.70. The number of nitrogens with one attached hydrogen (secondary N) is 1. The average molecular weight is 468 g/mol. The first-order valence-electron chi connectivity index (χ1n) is 12.6. The zero-order chi connectivity index (χ0) is 25.7. The van der Waals surface area contributed by atoms with Gasteiger partial charge in [-0.05, 0) is 67.8 Å². The van der Waals surface area contributed by atoms with E-state index in [4.69, 9.17) is 0 Å². The number of benzene rings is 2. The maximum Gasteiger partial charge on any atom is 0.255 e. The fraction of sp³-hybridized carbons (Fsp3) is 0.448. The topological polar surface area (TPSA) is 46.9 Å². The Hall–Kier alpha value is -2.95. The number of rotatable bonds is 5. The number of halogens is 1. The summed E-state index contributed by atoms with van der Waals surface area (Å²) in [4.78, 5) is 12.6. The summed E-state index contributed by atoms with van der Waals surface area (Å²) in [6.45, 7) is 16.4. The van der Waals surface area contributed by atoms with E-state index in [0.29, 0.717) is 11.3 Å². The summed E-state index contributed by atoms with van der Waals surface area (Å²) >= 11 is 0. The van der Waals surface area contributed by atoms with E-state index in [1.165, 1.54) is 54.7 Å². The molecule has 0 saturated heterocycles. The van der Waals surface area contributed by atoms with Gasteiger partial charge in [-0.15, -0.1) is 0 Å². The summed E-state index contributed by atoms with van der Waals surface area (Å²) in [5.41, 5.74) is 5.42. The van der Waals surface area contributed by atoms with Crippen LogP contribution >= 0.6 is 0 Å². The van der Waals surface area contributed by atoms with Gasteiger partial charge in [0.05, 0.1) is 23.3 Å². The Kier molecular flexibility index (Phi) is 12.9. The molecule has 1 N–H and O–H groups in total. The number of hydrogen-bond acceptors (Lipinski definition) is 2. The van der Waals surface area contributed by atoms with Crippen LogP contribution < -0.4 is 5.32 Å². The van der Waals surface area contributed by atoms with Crippen molar-refractivity contribution in [1.82, 2.24) is 9.78 Å². The SMILES string of the molecule is C1CC1.CC.CC.CCC(C)c1c(NC(=O)c2ccc(F)cc2)cnn1-c1ccc(C)c(C)c1. The lowest BCUT2D eigenvalue weighted by Gasteiger charge is -2.16. The number of hydrogen-bond donors (Lipinski definition) is 1. The highest BCUT2D eigenvalue weighted by Crippen LogP contribution is 2.30. The molecule has 0 bridgehead atoms. The van der Waals surface area contributed by atoms with Gasteiger partial charge >= 0.3 is 0 Å². The second-order valence-corrected chi connectivity index (χ2v) is 7.95. The molecule has 1 aliphatic carbocycles. The second-order valence-electron chi connectivity index (χ2n) is 7.95. The third kappa shape index (κ3) is 8.44. The molecule has 0 aliphatic heterocycles. The molecular weight excluding hydrogens is 425 g/mol. The van der Waals surface area contributed by atoms with Crippen molar-refractivity contribution in [3.8, 4) is 5.69 Å². The molecule has 4 rings (SSSR count). The molecule has 2 aromatic carbocycles. The lowest BCUT2D eigenvalue weighted by atomic mass is 10.0. The normalized spacial score (nSPS) is 12.0. The van der Waals surface area contributed by atoms with Crippen molar-refractivity contribution in [2.45, 2.75) is 87.0 Å². The zero-order valence-electron chi connectivity index (χ0n) is 22.2. The van der Waals surface area contributed by atoms with Crippen LogP contribution in [0.2, 0.25) is 0 Å². The highest BCUT2D eigenvalue weighted by molar-refractivity contribution is 6.04. The molecule has 34 heavy (non-hydrogen) atoms. The van der Waals surface area contributed by atoms with Gasteiger partial charge < -0.3 is 5.32 Å². The van der Waals surface area contributed by atoms with Crippen LogP contribution in [-0.2, 0) is 0 Å². The van der Waals surface area contributed by atoms with Crippen LogP contribution in [0.5, 0.6) is 0 Å². The molecule has 186 valence electrons. The predicted octanol–water partition coefficient (Wildman–Crippen LogP) is 8.62. The van der Waals surface area contributed by atoms with Crippen LogP contribution in [0.1, 0.15) is 100 Å². The Morgan fingerprint density at radius 1 is 1.00 bits per heavy atom. The van der Waals surface area contributed by atoms with Crippen molar-refractivity contribution in [3.63, 3.8) is 0 Å². The molecule has 1 fully saturated rings. The number of anilines is 1. The third-order valence-electron chi connectivity index (χ3n) is 5.33. The molecule has 1 unspecified atom stereocenters. The minimum atomic E-state index is -0.366. The summed E-state index contributed by atoms with van der Waals surface area (Å²) in [6.07, 6.45) is 7.09.